The Kier molecular flexibility index (Phi) is 6.79. The highest BCUT2D eigenvalue weighted by atomic mass is 16.2. The third kappa shape index (κ3) is 5.08. The number of carbonyl (C=O) groups excluding carboxylic acids is 1. The van der Waals surface area contributed by atoms with Gasteiger partial charge in [-0.2, -0.15) is 0 Å². The van der Waals surface area contributed by atoms with E-state index in [1.165, 1.54) is 5.56 Å². The second-order valence-electron chi connectivity index (χ2n) is 6.40. The number of hydrogen-bond acceptors (Lipinski definition) is 2. The minimum Gasteiger partial charge on any atom is -0.334 e. The number of urea groups is 1. The van der Waals surface area contributed by atoms with Gasteiger partial charge in [0.25, 0.3) is 0 Å². The zero-order chi connectivity index (χ0) is 17.4. The van der Waals surface area contributed by atoms with Gasteiger partial charge in [0.05, 0.1) is 6.04 Å². The van der Waals surface area contributed by atoms with Crippen LogP contribution in [0.1, 0.15) is 44.4 Å². The van der Waals surface area contributed by atoms with E-state index in [2.05, 4.69) is 43.2 Å². The fourth-order valence-corrected chi connectivity index (χ4v) is 2.84. The number of pyridine rings is 1. The number of carbonyl (C=O) groups is 1. The van der Waals surface area contributed by atoms with Crippen molar-refractivity contribution in [3.8, 4) is 0 Å². The summed E-state index contributed by atoms with van der Waals surface area (Å²) in [5.74, 6) is 0.412. The summed E-state index contributed by atoms with van der Waals surface area (Å²) in [5, 5.41) is 3.05. The first-order valence-corrected chi connectivity index (χ1v) is 8.60. The minimum atomic E-state index is -0.0174. The predicted octanol–water partition coefficient (Wildman–Crippen LogP) is 4.40. The number of nitrogens with zero attached hydrogens (tertiary/aromatic N) is 2. The van der Waals surface area contributed by atoms with Gasteiger partial charge in [-0.1, -0.05) is 51.1 Å². The molecule has 0 aliphatic carbocycles. The van der Waals surface area contributed by atoms with Crippen molar-refractivity contribution in [2.75, 3.05) is 6.54 Å². The predicted molar refractivity (Wildman–Crippen MR) is 97.5 cm³/mol. The van der Waals surface area contributed by atoms with Crippen LogP contribution < -0.4 is 5.32 Å². The van der Waals surface area contributed by atoms with Crippen molar-refractivity contribution >= 4 is 6.03 Å². The van der Waals surface area contributed by atoms with Crippen molar-refractivity contribution in [1.29, 1.82) is 0 Å². The van der Waals surface area contributed by atoms with Crippen LogP contribution in [0.4, 0.5) is 4.79 Å². The van der Waals surface area contributed by atoms with Gasteiger partial charge in [0.1, 0.15) is 0 Å². The topological polar surface area (TPSA) is 45.2 Å². The summed E-state index contributed by atoms with van der Waals surface area (Å²) in [6.07, 6.45) is 4.37. The summed E-state index contributed by atoms with van der Waals surface area (Å²) >= 11 is 0. The molecule has 1 atom stereocenters. The minimum absolute atomic E-state index is 0.0174. The van der Waals surface area contributed by atoms with Gasteiger partial charge in [-0.3, -0.25) is 4.98 Å². The number of rotatable bonds is 7. The molecule has 0 saturated heterocycles. The molecule has 2 rings (SSSR count). The van der Waals surface area contributed by atoms with E-state index in [0.717, 1.165) is 18.5 Å². The lowest BCUT2D eigenvalue weighted by molar-refractivity contribution is 0.162. The van der Waals surface area contributed by atoms with Crippen LogP contribution in [0, 0.1) is 5.92 Å². The quantitative estimate of drug-likeness (QED) is 0.820. The summed E-state index contributed by atoms with van der Waals surface area (Å²) < 4.78 is 0. The Morgan fingerprint density at radius 1 is 1.12 bits per heavy atom. The molecule has 2 aromatic rings. The lowest BCUT2D eigenvalue weighted by Gasteiger charge is -2.33. The van der Waals surface area contributed by atoms with Crippen LogP contribution in [-0.4, -0.2) is 22.5 Å². The van der Waals surface area contributed by atoms with E-state index >= 15 is 0 Å². The molecule has 0 aliphatic heterocycles. The van der Waals surface area contributed by atoms with Crippen LogP contribution in [0.25, 0.3) is 0 Å². The zero-order valence-corrected chi connectivity index (χ0v) is 14.8. The molecule has 4 heteroatoms. The number of nitrogens with one attached hydrogen (secondary N) is 1. The van der Waals surface area contributed by atoms with E-state index in [-0.39, 0.29) is 12.1 Å². The van der Waals surface area contributed by atoms with Gasteiger partial charge in [-0.25, -0.2) is 4.79 Å². The molecule has 128 valence electrons. The number of hydrogen-bond donors (Lipinski definition) is 1. The van der Waals surface area contributed by atoms with Crippen molar-refractivity contribution in [2.24, 2.45) is 5.92 Å². The maximum atomic E-state index is 12.8. The van der Waals surface area contributed by atoms with Crippen LogP contribution in [0.3, 0.4) is 0 Å². The van der Waals surface area contributed by atoms with Crippen LogP contribution in [0.15, 0.2) is 54.9 Å². The summed E-state index contributed by atoms with van der Waals surface area (Å²) in [5.41, 5.74) is 2.23. The van der Waals surface area contributed by atoms with Gasteiger partial charge < -0.3 is 10.2 Å². The van der Waals surface area contributed by atoms with Gasteiger partial charge >= 0.3 is 6.03 Å². The van der Waals surface area contributed by atoms with Gasteiger partial charge in [0.15, 0.2) is 0 Å². The SMILES string of the molecule is CCC(c1ccccc1)N(CC(C)C)C(=O)NCc1ccncc1. The number of benzene rings is 1. The first kappa shape index (κ1) is 18.0. The zero-order valence-electron chi connectivity index (χ0n) is 14.8. The third-order valence-electron chi connectivity index (χ3n) is 3.96. The van der Waals surface area contributed by atoms with E-state index < -0.39 is 0 Å². The van der Waals surface area contributed by atoms with E-state index in [4.69, 9.17) is 0 Å². The van der Waals surface area contributed by atoms with Crippen LogP contribution in [-0.2, 0) is 6.54 Å². The second-order valence-corrected chi connectivity index (χ2v) is 6.40. The molecule has 0 bridgehead atoms. The molecule has 1 N–H and O–H groups in total. The molecular weight excluding hydrogens is 298 g/mol. The van der Waals surface area contributed by atoms with Crippen LogP contribution in [0.5, 0.6) is 0 Å². The Hall–Kier alpha value is -2.36. The molecule has 0 radical (unpaired) electrons. The Balaban J connectivity index is 2.12. The van der Waals surface area contributed by atoms with Crippen molar-refractivity contribution in [3.63, 3.8) is 0 Å². The Labute approximate surface area is 144 Å². The molecule has 0 fully saturated rings. The first-order valence-electron chi connectivity index (χ1n) is 8.60. The van der Waals surface area contributed by atoms with Crippen molar-refractivity contribution in [3.05, 3.63) is 66.0 Å². The smallest absolute Gasteiger partial charge is 0.318 e. The lowest BCUT2D eigenvalue weighted by atomic mass is 10.0. The molecule has 1 unspecified atom stereocenters. The van der Waals surface area contributed by atoms with E-state index in [0.29, 0.717) is 12.5 Å². The third-order valence-corrected chi connectivity index (χ3v) is 3.96. The monoisotopic (exact) mass is 325 g/mol. The molecular formula is C20H27N3O. The number of amides is 2. The molecule has 0 aliphatic rings. The molecule has 1 aromatic heterocycles. The standard InChI is InChI=1S/C20H27N3O/c1-4-19(18-8-6-5-7-9-18)23(15-16(2)3)20(24)22-14-17-10-12-21-13-11-17/h5-13,16,19H,4,14-15H2,1-3H3,(H,22,24). The van der Waals surface area contributed by atoms with Gasteiger partial charge in [0.2, 0.25) is 0 Å². The highest BCUT2D eigenvalue weighted by Gasteiger charge is 2.24. The van der Waals surface area contributed by atoms with E-state index in [1.54, 1.807) is 12.4 Å². The van der Waals surface area contributed by atoms with Crippen LogP contribution >= 0.6 is 0 Å². The maximum Gasteiger partial charge on any atom is 0.318 e. The van der Waals surface area contributed by atoms with E-state index in [1.807, 2.05) is 35.2 Å². The fraction of sp³-hybridized carbons (Fsp3) is 0.400. The highest BCUT2D eigenvalue weighted by Crippen LogP contribution is 2.25. The Morgan fingerprint density at radius 3 is 2.38 bits per heavy atom. The second kappa shape index (κ2) is 9.06. The van der Waals surface area contributed by atoms with Crippen molar-refractivity contribution in [2.45, 2.75) is 39.8 Å². The summed E-state index contributed by atoms with van der Waals surface area (Å²) in [4.78, 5) is 18.8. The molecule has 2 amide bonds. The Bertz CT molecular complexity index is 613. The largest absolute Gasteiger partial charge is 0.334 e. The van der Waals surface area contributed by atoms with Gasteiger partial charge in [-0.15, -0.1) is 0 Å². The molecule has 4 nitrogen and oxygen atoms in total. The molecule has 1 aromatic carbocycles. The molecule has 24 heavy (non-hydrogen) atoms. The Morgan fingerprint density at radius 2 is 1.79 bits per heavy atom. The average Bonchev–Trinajstić information content (AvgIpc) is 2.61. The van der Waals surface area contributed by atoms with Gasteiger partial charge in [0, 0.05) is 25.5 Å². The number of aromatic nitrogens is 1. The van der Waals surface area contributed by atoms with Crippen LogP contribution in [0.2, 0.25) is 0 Å². The molecule has 0 saturated carbocycles. The lowest BCUT2D eigenvalue weighted by Crippen LogP contribution is -2.43. The van der Waals surface area contributed by atoms with E-state index in [9.17, 15) is 4.79 Å². The average molecular weight is 325 g/mol. The van der Waals surface area contributed by atoms with Crippen molar-refractivity contribution < 1.29 is 4.79 Å². The summed E-state index contributed by atoms with van der Waals surface area (Å²) in [6.45, 7) is 7.65. The normalized spacial score (nSPS) is 12.0. The maximum absolute atomic E-state index is 12.8. The fourth-order valence-electron chi connectivity index (χ4n) is 2.84. The highest BCUT2D eigenvalue weighted by molar-refractivity contribution is 5.74. The molecule has 1 heterocycles. The molecule has 0 spiro atoms. The first-order chi connectivity index (χ1) is 11.6. The van der Waals surface area contributed by atoms with Gasteiger partial charge in [-0.05, 0) is 35.6 Å². The summed E-state index contributed by atoms with van der Waals surface area (Å²) in [7, 11) is 0. The summed E-state index contributed by atoms with van der Waals surface area (Å²) in [6, 6.07) is 14.2. The van der Waals surface area contributed by atoms with Crippen molar-refractivity contribution in [1.82, 2.24) is 15.2 Å².